The second kappa shape index (κ2) is 6.72. The Kier molecular flexibility index (Phi) is 4.85. The lowest BCUT2D eigenvalue weighted by Gasteiger charge is -2.60. The number of aliphatic hydroxyl groups is 1. The zero-order valence-electron chi connectivity index (χ0n) is 18.2. The van der Waals surface area contributed by atoms with Crippen LogP contribution in [-0.4, -0.2) is 40.4 Å². The number of carbonyl (C=O) groups is 2. The number of hydrogen-bond donors (Lipinski definition) is 1. The molecule has 0 bridgehead atoms. The lowest BCUT2D eigenvalue weighted by Crippen LogP contribution is -2.62. The molecule has 0 aliphatic heterocycles. The van der Waals surface area contributed by atoms with Crippen LogP contribution in [0.4, 0.5) is 8.78 Å². The van der Waals surface area contributed by atoms with Crippen molar-refractivity contribution >= 4 is 11.8 Å². The van der Waals surface area contributed by atoms with E-state index in [1.54, 1.807) is 26.8 Å². The van der Waals surface area contributed by atoms with Gasteiger partial charge in [-0.3, -0.25) is 9.59 Å². The van der Waals surface area contributed by atoms with E-state index in [-0.39, 0.29) is 42.6 Å². The fourth-order valence-electron chi connectivity index (χ4n) is 6.78. The minimum atomic E-state index is -1.63. The van der Waals surface area contributed by atoms with Crippen LogP contribution in [0.15, 0.2) is 23.8 Å². The molecule has 0 aromatic carbocycles. The zero-order valence-corrected chi connectivity index (χ0v) is 18.2. The monoisotopic (exact) mass is 422 g/mol. The highest BCUT2D eigenvalue weighted by molar-refractivity contribution is 6.01. The molecule has 4 aliphatic carbocycles. The van der Waals surface area contributed by atoms with Crippen LogP contribution in [0.2, 0.25) is 0 Å². The summed E-state index contributed by atoms with van der Waals surface area (Å²) in [7, 11) is 0. The summed E-state index contributed by atoms with van der Waals surface area (Å²) in [6, 6.07) is 0. The Hall–Kier alpha value is -1.56. The summed E-state index contributed by atoms with van der Waals surface area (Å²) in [6.07, 6.45) is 4.55. The van der Waals surface area contributed by atoms with Gasteiger partial charge >= 0.3 is 5.97 Å². The van der Waals surface area contributed by atoms with Gasteiger partial charge in [-0.1, -0.05) is 13.0 Å². The number of rotatable bonds is 3. The predicted octanol–water partition coefficient (Wildman–Crippen LogP) is 4.41. The maximum Gasteiger partial charge on any atom is 0.308 e. The number of carbonyl (C=O) groups excluding carboxylic acids is 2. The quantitative estimate of drug-likeness (QED) is 0.685. The molecule has 3 fully saturated rings. The molecule has 0 saturated heterocycles. The molecule has 0 amide bonds. The molecule has 1 N–H and O–H groups in total. The lowest BCUT2D eigenvalue weighted by atomic mass is 9.46. The Labute approximate surface area is 176 Å². The van der Waals surface area contributed by atoms with Gasteiger partial charge in [-0.2, -0.15) is 0 Å². The van der Waals surface area contributed by atoms with Crippen molar-refractivity contribution in [3.63, 3.8) is 0 Å². The van der Waals surface area contributed by atoms with E-state index in [9.17, 15) is 14.7 Å². The van der Waals surface area contributed by atoms with Crippen LogP contribution in [0.1, 0.15) is 66.2 Å². The highest BCUT2D eigenvalue weighted by atomic mass is 19.1. The van der Waals surface area contributed by atoms with Crippen LogP contribution in [0, 0.1) is 22.7 Å². The van der Waals surface area contributed by atoms with Crippen molar-refractivity contribution in [1.29, 1.82) is 0 Å². The van der Waals surface area contributed by atoms with Gasteiger partial charge in [0, 0.05) is 16.7 Å². The zero-order chi connectivity index (χ0) is 22.1. The number of esters is 1. The second-order valence-corrected chi connectivity index (χ2v) is 10.9. The van der Waals surface area contributed by atoms with E-state index in [1.165, 1.54) is 12.2 Å². The van der Waals surface area contributed by atoms with Gasteiger partial charge in [0.05, 0.1) is 12.0 Å². The Morgan fingerprint density at radius 3 is 2.63 bits per heavy atom. The summed E-state index contributed by atoms with van der Waals surface area (Å²) in [5, 5.41) is 9.91. The van der Waals surface area contributed by atoms with E-state index in [4.69, 9.17) is 4.74 Å². The molecule has 7 atom stereocenters. The SMILES string of the molecule is CC(C)(O)CC(=O)O[C@@H]1CC[C@H]2[C@@H]3C[C@H](F)C4=CC(=O)C=C[C@]4(C)[C@@]3(F)CC[C@]12C. The van der Waals surface area contributed by atoms with E-state index in [0.29, 0.717) is 19.3 Å². The number of halogens is 2. The van der Waals surface area contributed by atoms with Gasteiger partial charge < -0.3 is 9.84 Å². The molecule has 4 nitrogen and oxygen atoms in total. The van der Waals surface area contributed by atoms with E-state index in [2.05, 4.69) is 0 Å². The third-order valence-corrected chi connectivity index (χ3v) is 8.41. The highest BCUT2D eigenvalue weighted by Gasteiger charge is 2.68. The lowest BCUT2D eigenvalue weighted by molar-refractivity contribution is -0.173. The van der Waals surface area contributed by atoms with Gasteiger partial charge in [-0.25, -0.2) is 8.78 Å². The van der Waals surface area contributed by atoms with E-state index >= 15 is 8.78 Å². The molecular weight excluding hydrogens is 390 g/mol. The van der Waals surface area contributed by atoms with Crippen molar-refractivity contribution in [3.8, 4) is 0 Å². The van der Waals surface area contributed by atoms with Crippen molar-refractivity contribution in [2.45, 2.75) is 89.8 Å². The average molecular weight is 423 g/mol. The molecule has 0 spiro atoms. The highest BCUT2D eigenvalue weighted by Crippen LogP contribution is 2.68. The third kappa shape index (κ3) is 3.09. The molecule has 4 aliphatic rings. The summed E-state index contributed by atoms with van der Waals surface area (Å²) in [5.74, 6) is -1.33. The predicted molar refractivity (Wildman–Crippen MR) is 108 cm³/mol. The fourth-order valence-corrected chi connectivity index (χ4v) is 6.78. The molecule has 0 aromatic heterocycles. The van der Waals surface area contributed by atoms with Crippen LogP contribution in [0.5, 0.6) is 0 Å². The molecule has 0 aromatic rings. The first-order valence-electron chi connectivity index (χ1n) is 11.0. The second-order valence-electron chi connectivity index (χ2n) is 10.9. The number of hydrogen-bond acceptors (Lipinski definition) is 4. The summed E-state index contributed by atoms with van der Waals surface area (Å²) in [4.78, 5) is 24.2. The molecule has 0 radical (unpaired) electrons. The van der Waals surface area contributed by atoms with Gasteiger partial charge in [-0.15, -0.1) is 0 Å². The molecule has 30 heavy (non-hydrogen) atoms. The van der Waals surface area contributed by atoms with E-state index in [1.807, 2.05) is 6.92 Å². The fraction of sp³-hybridized carbons (Fsp3) is 0.750. The van der Waals surface area contributed by atoms with Gasteiger partial charge in [-0.05, 0) is 76.5 Å². The minimum Gasteiger partial charge on any atom is -0.462 e. The number of ether oxygens (including phenoxy) is 1. The van der Waals surface area contributed by atoms with Crippen molar-refractivity contribution in [3.05, 3.63) is 23.8 Å². The first-order valence-corrected chi connectivity index (χ1v) is 11.0. The normalized spacial score (nSPS) is 45.3. The molecule has 0 heterocycles. The number of fused-ring (bicyclic) bond motifs is 5. The first-order chi connectivity index (χ1) is 13.8. The molecular formula is C24H32F2O4. The maximum absolute atomic E-state index is 16.7. The Balaban J connectivity index is 1.61. The van der Waals surface area contributed by atoms with Crippen LogP contribution in [-0.2, 0) is 14.3 Å². The van der Waals surface area contributed by atoms with Crippen molar-refractivity contribution in [1.82, 2.24) is 0 Å². The van der Waals surface area contributed by atoms with Crippen LogP contribution < -0.4 is 0 Å². The Bertz CT molecular complexity index is 828. The average Bonchev–Trinajstić information content (AvgIpc) is 2.94. The van der Waals surface area contributed by atoms with Crippen molar-refractivity contribution < 1.29 is 28.2 Å². The number of alkyl halides is 2. The largest absolute Gasteiger partial charge is 0.462 e. The Morgan fingerprint density at radius 2 is 1.97 bits per heavy atom. The van der Waals surface area contributed by atoms with Crippen LogP contribution in [0.25, 0.3) is 0 Å². The van der Waals surface area contributed by atoms with E-state index < -0.39 is 40.2 Å². The first kappa shape index (κ1) is 21.7. The minimum absolute atomic E-state index is 0.0592. The summed E-state index contributed by atoms with van der Waals surface area (Å²) < 4.78 is 37.7. The summed E-state index contributed by atoms with van der Waals surface area (Å²) >= 11 is 0. The van der Waals surface area contributed by atoms with Gasteiger partial charge in [0.25, 0.3) is 0 Å². The third-order valence-electron chi connectivity index (χ3n) is 8.41. The van der Waals surface area contributed by atoms with Crippen LogP contribution >= 0.6 is 0 Å². The van der Waals surface area contributed by atoms with Gasteiger partial charge in [0.15, 0.2) is 5.78 Å². The molecule has 4 rings (SSSR count). The molecule has 0 unspecified atom stereocenters. The van der Waals surface area contributed by atoms with Gasteiger partial charge in [0.1, 0.15) is 17.9 Å². The standard InChI is InChI=1S/C24H32F2O4/c1-21(2,29)13-20(28)30-19-6-5-15-16-12-18(25)17-11-14(27)7-8-23(17,4)24(16,26)10-9-22(15,19)3/h7-8,11,15-16,18-19,29H,5-6,9-10,12-13H2,1-4H3/t15-,16-,18-,19+,22-,23-,24+/m0/s1. The molecule has 166 valence electrons. The smallest absolute Gasteiger partial charge is 0.308 e. The number of allylic oxidation sites excluding steroid dienone is 4. The van der Waals surface area contributed by atoms with Crippen molar-refractivity contribution in [2.75, 3.05) is 0 Å². The van der Waals surface area contributed by atoms with Gasteiger partial charge in [0.2, 0.25) is 0 Å². The molecule has 3 saturated carbocycles. The maximum atomic E-state index is 16.7. The van der Waals surface area contributed by atoms with Crippen molar-refractivity contribution in [2.24, 2.45) is 22.7 Å². The van der Waals surface area contributed by atoms with E-state index in [0.717, 1.165) is 0 Å². The topological polar surface area (TPSA) is 63.6 Å². The number of ketones is 1. The van der Waals surface area contributed by atoms with Crippen LogP contribution in [0.3, 0.4) is 0 Å². The summed E-state index contributed by atoms with van der Waals surface area (Å²) in [6.45, 7) is 6.87. The summed E-state index contributed by atoms with van der Waals surface area (Å²) in [5.41, 5.74) is -4.05. The Morgan fingerprint density at radius 1 is 1.27 bits per heavy atom. The molecule has 6 heteroatoms.